The van der Waals surface area contributed by atoms with Gasteiger partial charge in [-0.25, -0.2) is 0 Å². The summed E-state index contributed by atoms with van der Waals surface area (Å²) in [5.74, 6) is 1.30. The molecule has 178 valence electrons. The quantitative estimate of drug-likeness (QED) is 0.443. The number of benzene rings is 2. The fraction of sp³-hybridized carbons (Fsp3) is 0.552. The van der Waals surface area contributed by atoms with Crippen molar-refractivity contribution in [2.45, 2.75) is 83.3 Å². The molecule has 1 saturated heterocycles. The van der Waals surface area contributed by atoms with Gasteiger partial charge in [-0.3, -0.25) is 4.79 Å². The van der Waals surface area contributed by atoms with E-state index in [1.807, 2.05) is 6.07 Å². The smallest absolute Gasteiger partial charge is 0.224 e. The van der Waals surface area contributed by atoms with Crippen molar-refractivity contribution >= 4 is 11.6 Å². The number of hydrogen-bond donors (Lipinski definition) is 2. The molecule has 0 bridgehead atoms. The first kappa shape index (κ1) is 24.0. The van der Waals surface area contributed by atoms with Gasteiger partial charge < -0.3 is 15.4 Å². The van der Waals surface area contributed by atoms with E-state index >= 15 is 0 Å². The van der Waals surface area contributed by atoms with Crippen LogP contribution in [0.5, 0.6) is 0 Å². The van der Waals surface area contributed by atoms with Crippen LogP contribution in [0, 0.1) is 12.8 Å². The van der Waals surface area contributed by atoms with Crippen molar-refractivity contribution in [3.63, 3.8) is 0 Å². The summed E-state index contributed by atoms with van der Waals surface area (Å²) in [4.78, 5) is 13.1. The highest BCUT2D eigenvalue weighted by molar-refractivity contribution is 5.92. The van der Waals surface area contributed by atoms with E-state index < -0.39 is 0 Å². The largest absolute Gasteiger partial charge is 0.375 e. The number of anilines is 1. The van der Waals surface area contributed by atoms with Crippen LogP contribution in [0.25, 0.3) is 0 Å². The molecule has 1 heterocycles. The molecule has 2 aromatic carbocycles. The van der Waals surface area contributed by atoms with E-state index in [9.17, 15) is 4.79 Å². The minimum Gasteiger partial charge on any atom is -0.375 e. The maximum atomic E-state index is 13.1. The third-order valence-corrected chi connectivity index (χ3v) is 7.24. The zero-order valence-corrected chi connectivity index (χ0v) is 20.3. The van der Waals surface area contributed by atoms with E-state index in [1.54, 1.807) is 0 Å². The first-order chi connectivity index (χ1) is 16.1. The molecule has 2 fully saturated rings. The van der Waals surface area contributed by atoms with Gasteiger partial charge in [0.1, 0.15) is 0 Å². The van der Waals surface area contributed by atoms with Crippen molar-refractivity contribution in [3.8, 4) is 0 Å². The Kier molecular flexibility index (Phi) is 8.57. The summed E-state index contributed by atoms with van der Waals surface area (Å²) in [6.45, 7) is 6.03. The van der Waals surface area contributed by atoms with Crippen LogP contribution >= 0.6 is 0 Å². The number of ether oxygens (including phenoxy) is 1. The third kappa shape index (κ3) is 7.41. The van der Waals surface area contributed by atoms with Gasteiger partial charge >= 0.3 is 0 Å². The minimum atomic E-state index is 0.125. The zero-order chi connectivity index (χ0) is 23.0. The lowest BCUT2D eigenvalue weighted by Crippen LogP contribution is -2.44. The summed E-state index contributed by atoms with van der Waals surface area (Å²) >= 11 is 0. The van der Waals surface area contributed by atoms with Gasteiger partial charge in [0.25, 0.3) is 0 Å². The molecule has 4 nitrogen and oxygen atoms in total. The van der Waals surface area contributed by atoms with Crippen molar-refractivity contribution in [1.82, 2.24) is 5.32 Å². The van der Waals surface area contributed by atoms with Gasteiger partial charge in [-0.15, -0.1) is 0 Å². The van der Waals surface area contributed by atoms with Gasteiger partial charge in [-0.2, -0.15) is 0 Å². The van der Waals surface area contributed by atoms with Crippen LogP contribution in [-0.4, -0.2) is 31.2 Å². The lowest BCUT2D eigenvalue weighted by atomic mass is 9.90. The number of aryl methyl sites for hydroxylation is 1. The molecule has 0 spiro atoms. The van der Waals surface area contributed by atoms with E-state index in [-0.39, 0.29) is 5.91 Å². The molecule has 2 N–H and O–H groups in total. The predicted octanol–water partition coefficient (Wildman–Crippen LogP) is 6.00. The van der Waals surface area contributed by atoms with Crippen LogP contribution in [0.1, 0.15) is 74.5 Å². The van der Waals surface area contributed by atoms with Crippen molar-refractivity contribution in [1.29, 1.82) is 0 Å². The second kappa shape index (κ2) is 11.8. The Morgan fingerprint density at radius 3 is 2.67 bits per heavy atom. The van der Waals surface area contributed by atoms with E-state index in [2.05, 4.69) is 66.9 Å². The van der Waals surface area contributed by atoms with Gasteiger partial charge in [-0.1, -0.05) is 55.3 Å². The zero-order valence-electron chi connectivity index (χ0n) is 20.3. The highest BCUT2D eigenvalue weighted by atomic mass is 16.5. The van der Waals surface area contributed by atoms with Crippen LogP contribution in [0.3, 0.4) is 0 Å². The average molecular weight is 449 g/mol. The maximum Gasteiger partial charge on any atom is 0.224 e. The summed E-state index contributed by atoms with van der Waals surface area (Å²) in [6, 6.07) is 17.3. The fourth-order valence-corrected chi connectivity index (χ4v) is 4.95. The second-order valence-electron chi connectivity index (χ2n) is 10.1. The first-order valence-electron chi connectivity index (χ1n) is 12.9. The molecule has 1 amide bonds. The monoisotopic (exact) mass is 448 g/mol. The molecule has 1 aliphatic heterocycles. The maximum absolute atomic E-state index is 13.1. The number of rotatable bonds is 11. The SMILES string of the molecule is Cc1cccc(NC(=O)CC(CCC2CC2)c2ccccc2)c1CCCC1CNC(C)CO1. The Labute approximate surface area is 199 Å². The number of nitrogens with one attached hydrogen (secondary N) is 2. The Morgan fingerprint density at radius 2 is 1.94 bits per heavy atom. The highest BCUT2D eigenvalue weighted by Crippen LogP contribution is 2.37. The predicted molar refractivity (Wildman–Crippen MR) is 136 cm³/mol. The normalized spacial score (nSPS) is 21.5. The standard InChI is InChI=1S/C29H40N2O2/c1-21-8-6-13-28(27(21)12-7-11-26-19-30-22(2)20-33-26)31-29(32)18-25(17-16-23-14-15-23)24-9-4-3-5-10-24/h3-6,8-10,13,22-23,25-26,30H,7,11-12,14-20H2,1-2H3,(H,31,32). The van der Waals surface area contributed by atoms with Gasteiger partial charge in [0, 0.05) is 24.7 Å². The van der Waals surface area contributed by atoms with Gasteiger partial charge in [-0.05, 0) is 80.5 Å². The van der Waals surface area contributed by atoms with E-state index in [0.29, 0.717) is 24.5 Å². The minimum absolute atomic E-state index is 0.125. The number of morpholine rings is 1. The summed E-state index contributed by atoms with van der Waals surface area (Å²) in [6.07, 6.45) is 8.95. The Balaban J connectivity index is 1.34. The second-order valence-corrected chi connectivity index (χ2v) is 10.1. The van der Waals surface area contributed by atoms with Crippen LogP contribution in [0.2, 0.25) is 0 Å². The molecule has 0 radical (unpaired) electrons. The van der Waals surface area contributed by atoms with E-state index in [1.165, 1.54) is 36.0 Å². The average Bonchev–Trinajstić information content (AvgIpc) is 3.65. The van der Waals surface area contributed by atoms with Crippen LogP contribution in [0.4, 0.5) is 5.69 Å². The molecule has 1 saturated carbocycles. The molecule has 3 unspecified atom stereocenters. The molecule has 4 rings (SSSR count). The highest BCUT2D eigenvalue weighted by Gasteiger charge is 2.24. The number of amides is 1. The molecule has 2 aliphatic rings. The van der Waals surface area contributed by atoms with Crippen molar-refractivity contribution in [2.24, 2.45) is 5.92 Å². The van der Waals surface area contributed by atoms with Gasteiger partial charge in [0.15, 0.2) is 0 Å². The molecule has 3 atom stereocenters. The molecule has 4 heteroatoms. The topological polar surface area (TPSA) is 50.4 Å². The number of hydrogen-bond acceptors (Lipinski definition) is 3. The Bertz CT molecular complexity index is 886. The number of carbonyl (C=O) groups is 1. The summed E-state index contributed by atoms with van der Waals surface area (Å²) in [7, 11) is 0. The van der Waals surface area contributed by atoms with E-state index in [4.69, 9.17) is 4.74 Å². The van der Waals surface area contributed by atoms with Crippen molar-refractivity contribution in [3.05, 3.63) is 65.2 Å². The van der Waals surface area contributed by atoms with Crippen LogP contribution in [0.15, 0.2) is 48.5 Å². The number of carbonyl (C=O) groups excluding carboxylic acids is 1. The molecule has 2 aromatic rings. The lowest BCUT2D eigenvalue weighted by molar-refractivity contribution is -0.116. The molecular formula is C29H40N2O2. The van der Waals surface area contributed by atoms with E-state index in [0.717, 1.165) is 50.4 Å². The summed E-state index contributed by atoms with van der Waals surface area (Å²) in [5.41, 5.74) is 4.77. The molecular weight excluding hydrogens is 408 g/mol. The first-order valence-corrected chi connectivity index (χ1v) is 12.9. The lowest BCUT2D eigenvalue weighted by Gasteiger charge is -2.28. The van der Waals surface area contributed by atoms with Crippen molar-refractivity contribution in [2.75, 3.05) is 18.5 Å². The summed E-state index contributed by atoms with van der Waals surface area (Å²) in [5, 5.41) is 6.77. The molecule has 33 heavy (non-hydrogen) atoms. The van der Waals surface area contributed by atoms with Gasteiger partial charge in [0.2, 0.25) is 5.91 Å². The van der Waals surface area contributed by atoms with Crippen LogP contribution in [-0.2, 0) is 16.0 Å². The summed E-state index contributed by atoms with van der Waals surface area (Å²) < 4.78 is 5.95. The molecule has 0 aromatic heterocycles. The molecule has 1 aliphatic carbocycles. The van der Waals surface area contributed by atoms with Crippen molar-refractivity contribution < 1.29 is 9.53 Å². The third-order valence-electron chi connectivity index (χ3n) is 7.24. The Morgan fingerprint density at radius 1 is 1.12 bits per heavy atom. The Hall–Kier alpha value is -2.17. The fourth-order valence-electron chi connectivity index (χ4n) is 4.95. The van der Waals surface area contributed by atoms with Crippen LogP contribution < -0.4 is 10.6 Å². The van der Waals surface area contributed by atoms with Gasteiger partial charge in [0.05, 0.1) is 12.7 Å².